The number of hydrogen-bond donors (Lipinski definition) is 4. The van der Waals surface area contributed by atoms with Crippen LogP contribution in [0.2, 0.25) is 0 Å². The van der Waals surface area contributed by atoms with Gasteiger partial charge in [-0.15, -0.1) is 0 Å². The van der Waals surface area contributed by atoms with Crippen molar-refractivity contribution in [2.75, 3.05) is 11.9 Å². The maximum absolute atomic E-state index is 11.3. The molecular weight excluding hydrogens is 268 g/mol. The highest BCUT2D eigenvalue weighted by molar-refractivity contribution is 5.99. The second-order valence-electron chi connectivity index (χ2n) is 5.60. The van der Waals surface area contributed by atoms with Gasteiger partial charge in [-0.1, -0.05) is 0 Å². The van der Waals surface area contributed by atoms with Crippen molar-refractivity contribution in [3.8, 4) is 0 Å². The summed E-state index contributed by atoms with van der Waals surface area (Å²) in [6, 6.07) is 5.44. The lowest BCUT2D eigenvalue weighted by molar-refractivity contribution is 0.0999. The number of carbonyl (C=O) groups is 2. The summed E-state index contributed by atoms with van der Waals surface area (Å²) < 4.78 is 0. The minimum Gasteiger partial charge on any atom is -0.382 e. The summed E-state index contributed by atoms with van der Waals surface area (Å²) >= 11 is 0. The number of carbonyl (C=O) groups excluding carboxylic acids is 2. The highest BCUT2D eigenvalue weighted by Crippen LogP contribution is 2.18. The molecule has 1 heterocycles. The molecular formula is C15H22N4O2. The van der Waals surface area contributed by atoms with Gasteiger partial charge in [-0.2, -0.15) is 0 Å². The number of rotatable bonds is 6. The van der Waals surface area contributed by atoms with E-state index >= 15 is 0 Å². The summed E-state index contributed by atoms with van der Waals surface area (Å²) in [4.78, 5) is 22.6. The van der Waals surface area contributed by atoms with Gasteiger partial charge >= 0.3 is 0 Å². The van der Waals surface area contributed by atoms with E-state index in [1.165, 1.54) is 18.9 Å². The third kappa shape index (κ3) is 4.19. The normalized spacial score (nSPS) is 19.2. The van der Waals surface area contributed by atoms with Crippen LogP contribution in [0.5, 0.6) is 0 Å². The van der Waals surface area contributed by atoms with Crippen LogP contribution in [0.3, 0.4) is 0 Å². The predicted octanol–water partition coefficient (Wildman–Crippen LogP) is 0.827. The molecule has 2 unspecified atom stereocenters. The van der Waals surface area contributed by atoms with Gasteiger partial charge in [0.2, 0.25) is 11.8 Å². The van der Waals surface area contributed by atoms with Crippen LogP contribution < -0.4 is 22.1 Å². The molecule has 6 heteroatoms. The van der Waals surface area contributed by atoms with Crippen LogP contribution in [-0.2, 0) is 0 Å². The zero-order valence-electron chi connectivity index (χ0n) is 12.2. The molecule has 2 atom stereocenters. The highest BCUT2D eigenvalue weighted by atomic mass is 16.1. The van der Waals surface area contributed by atoms with Crippen molar-refractivity contribution >= 4 is 17.5 Å². The average molecular weight is 290 g/mol. The molecule has 0 radical (unpaired) electrons. The van der Waals surface area contributed by atoms with Crippen molar-refractivity contribution < 1.29 is 9.59 Å². The van der Waals surface area contributed by atoms with E-state index in [1.807, 2.05) is 0 Å². The van der Waals surface area contributed by atoms with E-state index in [2.05, 4.69) is 17.6 Å². The third-order valence-electron chi connectivity index (χ3n) is 3.72. The van der Waals surface area contributed by atoms with E-state index in [-0.39, 0.29) is 17.2 Å². The van der Waals surface area contributed by atoms with E-state index in [1.54, 1.807) is 12.1 Å². The first-order valence-corrected chi connectivity index (χ1v) is 7.20. The number of anilines is 1. The molecule has 1 fully saturated rings. The quantitative estimate of drug-likeness (QED) is 0.622. The molecule has 0 aliphatic carbocycles. The predicted molar refractivity (Wildman–Crippen MR) is 82.2 cm³/mol. The molecule has 0 spiro atoms. The van der Waals surface area contributed by atoms with Gasteiger partial charge in [0.15, 0.2) is 0 Å². The number of nitrogens with one attached hydrogen (secondary N) is 2. The van der Waals surface area contributed by atoms with Crippen LogP contribution in [0.25, 0.3) is 0 Å². The molecule has 1 aliphatic heterocycles. The Hall–Kier alpha value is -2.08. The van der Waals surface area contributed by atoms with Crippen molar-refractivity contribution in [2.45, 2.75) is 38.3 Å². The zero-order chi connectivity index (χ0) is 15.4. The minimum absolute atomic E-state index is 0.212. The van der Waals surface area contributed by atoms with Crippen molar-refractivity contribution in [1.82, 2.24) is 5.32 Å². The fourth-order valence-corrected chi connectivity index (χ4v) is 2.72. The van der Waals surface area contributed by atoms with Gasteiger partial charge in [0.1, 0.15) is 0 Å². The number of nitrogens with two attached hydrogens (primary N) is 2. The van der Waals surface area contributed by atoms with Crippen LogP contribution in [-0.4, -0.2) is 30.4 Å². The van der Waals surface area contributed by atoms with Gasteiger partial charge in [0.25, 0.3) is 0 Å². The molecule has 1 aliphatic rings. The summed E-state index contributed by atoms with van der Waals surface area (Å²) in [5, 5.41) is 6.75. The van der Waals surface area contributed by atoms with Gasteiger partial charge in [-0.25, -0.2) is 0 Å². The molecule has 1 saturated heterocycles. The van der Waals surface area contributed by atoms with Gasteiger partial charge < -0.3 is 22.1 Å². The largest absolute Gasteiger partial charge is 0.382 e. The maximum atomic E-state index is 11.3. The maximum Gasteiger partial charge on any atom is 0.248 e. The fraction of sp³-hybridized carbons (Fsp3) is 0.467. The van der Waals surface area contributed by atoms with Gasteiger partial charge in [0.05, 0.1) is 0 Å². The number of amides is 2. The summed E-state index contributed by atoms with van der Waals surface area (Å²) in [6.07, 6.45) is 3.37. The summed E-state index contributed by atoms with van der Waals surface area (Å²) in [5.74, 6) is -1.16. The van der Waals surface area contributed by atoms with Crippen LogP contribution in [0.1, 0.15) is 46.9 Å². The molecule has 1 aromatic carbocycles. The number of primary amides is 2. The molecule has 6 nitrogen and oxygen atoms in total. The number of hydrogen-bond acceptors (Lipinski definition) is 4. The van der Waals surface area contributed by atoms with Crippen LogP contribution in [0.4, 0.5) is 5.69 Å². The first-order chi connectivity index (χ1) is 9.95. The topological polar surface area (TPSA) is 110 Å². The monoisotopic (exact) mass is 290 g/mol. The van der Waals surface area contributed by atoms with E-state index in [9.17, 15) is 9.59 Å². The van der Waals surface area contributed by atoms with E-state index < -0.39 is 11.8 Å². The van der Waals surface area contributed by atoms with E-state index in [0.29, 0.717) is 11.7 Å². The summed E-state index contributed by atoms with van der Waals surface area (Å²) in [5.41, 5.74) is 11.8. The zero-order valence-corrected chi connectivity index (χ0v) is 12.2. The first kappa shape index (κ1) is 15.3. The SMILES string of the molecule is CC(CC1CCCN1)Nc1cc(C(N)=O)cc(C(N)=O)c1. The van der Waals surface area contributed by atoms with Crippen LogP contribution in [0, 0.1) is 0 Å². The first-order valence-electron chi connectivity index (χ1n) is 7.20. The second-order valence-corrected chi connectivity index (χ2v) is 5.60. The lowest BCUT2D eigenvalue weighted by Gasteiger charge is -2.20. The highest BCUT2D eigenvalue weighted by Gasteiger charge is 2.17. The molecule has 2 rings (SSSR count). The van der Waals surface area contributed by atoms with Crippen LogP contribution >= 0.6 is 0 Å². The lowest BCUT2D eigenvalue weighted by Crippen LogP contribution is -2.29. The molecule has 2 amide bonds. The van der Waals surface area contributed by atoms with Gasteiger partial charge in [0, 0.05) is 28.9 Å². The smallest absolute Gasteiger partial charge is 0.248 e. The van der Waals surface area contributed by atoms with E-state index in [0.717, 1.165) is 13.0 Å². The second kappa shape index (κ2) is 6.58. The Morgan fingerprint density at radius 3 is 2.38 bits per heavy atom. The molecule has 0 saturated carbocycles. The Bertz CT molecular complexity index is 506. The molecule has 114 valence electrons. The Labute approximate surface area is 124 Å². The fourth-order valence-electron chi connectivity index (χ4n) is 2.72. The standard InChI is InChI=1S/C15H22N4O2/c1-9(5-12-3-2-4-18-12)19-13-7-10(14(16)20)6-11(8-13)15(17)21/h6-9,12,18-19H,2-5H2,1H3,(H2,16,20)(H2,17,21). The molecule has 1 aromatic rings. The van der Waals surface area contributed by atoms with Crippen molar-refractivity contribution in [3.63, 3.8) is 0 Å². The number of benzene rings is 1. The molecule has 0 aromatic heterocycles. The van der Waals surface area contributed by atoms with Crippen LogP contribution in [0.15, 0.2) is 18.2 Å². The van der Waals surface area contributed by atoms with Crippen molar-refractivity contribution in [3.05, 3.63) is 29.3 Å². The van der Waals surface area contributed by atoms with Crippen molar-refractivity contribution in [2.24, 2.45) is 11.5 Å². The molecule has 6 N–H and O–H groups in total. The van der Waals surface area contributed by atoms with E-state index in [4.69, 9.17) is 11.5 Å². The Balaban J connectivity index is 2.10. The third-order valence-corrected chi connectivity index (χ3v) is 3.72. The average Bonchev–Trinajstić information content (AvgIpc) is 2.90. The Morgan fingerprint density at radius 1 is 1.29 bits per heavy atom. The van der Waals surface area contributed by atoms with Gasteiger partial charge in [-0.3, -0.25) is 9.59 Å². The Morgan fingerprint density at radius 2 is 1.90 bits per heavy atom. The summed E-state index contributed by atoms with van der Waals surface area (Å²) in [6.45, 7) is 3.14. The summed E-state index contributed by atoms with van der Waals surface area (Å²) in [7, 11) is 0. The molecule has 0 bridgehead atoms. The minimum atomic E-state index is -0.578. The van der Waals surface area contributed by atoms with Gasteiger partial charge in [-0.05, 0) is 50.9 Å². The lowest BCUT2D eigenvalue weighted by atomic mass is 10.0. The molecule has 21 heavy (non-hydrogen) atoms. The van der Waals surface area contributed by atoms with Crippen molar-refractivity contribution in [1.29, 1.82) is 0 Å². The Kier molecular flexibility index (Phi) is 4.80.